The molecule has 0 fully saturated rings. The Bertz CT molecular complexity index is 786. The van der Waals surface area contributed by atoms with Crippen LogP contribution >= 0.6 is 0 Å². The van der Waals surface area contributed by atoms with E-state index in [1.807, 2.05) is 22.0 Å². The number of amides is 1. The second kappa shape index (κ2) is 36.9. The molecule has 0 rings (SSSR count). The van der Waals surface area contributed by atoms with E-state index in [1.165, 1.54) is 0 Å². The van der Waals surface area contributed by atoms with Gasteiger partial charge in [-0.05, 0) is 70.1 Å². The fourth-order valence-electron chi connectivity index (χ4n) is 4.09. The van der Waals surface area contributed by atoms with Crippen molar-refractivity contribution in [1.82, 2.24) is 15.1 Å². The maximum absolute atomic E-state index is 11.7. The fraction of sp³-hybridized carbons (Fsp3) is 0.750. The number of aliphatic imine (C=N–C) groups is 1. The van der Waals surface area contributed by atoms with Crippen LogP contribution in [0.15, 0.2) is 30.3 Å². The number of aliphatic carboxylic acids is 2. The number of allylic oxidation sites excluding steroid dienone is 2. The molecule has 0 saturated carbocycles. The molecular weight excluding hydrogens is 608 g/mol. The number of aliphatic hydroxyl groups is 2. The van der Waals surface area contributed by atoms with E-state index in [0.717, 1.165) is 51.4 Å². The van der Waals surface area contributed by atoms with Crippen molar-refractivity contribution in [2.75, 3.05) is 65.6 Å². The van der Waals surface area contributed by atoms with E-state index in [9.17, 15) is 24.6 Å². The van der Waals surface area contributed by atoms with Gasteiger partial charge in [-0.3, -0.25) is 9.59 Å². The molecule has 13 heteroatoms. The summed E-state index contributed by atoms with van der Waals surface area (Å²) in [5, 5.41) is 51.3. The van der Waals surface area contributed by atoms with Gasteiger partial charge < -0.3 is 50.4 Å². The molecule has 0 unspecified atom stereocenters. The third-order valence-corrected chi connectivity index (χ3v) is 6.60. The summed E-state index contributed by atoms with van der Waals surface area (Å²) in [7, 11) is 0. The van der Waals surface area contributed by atoms with E-state index < -0.39 is 11.9 Å². The Labute approximate surface area is 300 Å². The number of hydrogen-bond acceptors (Lipinski definition) is 10. The van der Waals surface area contributed by atoms with Crippen molar-refractivity contribution in [3.8, 4) is 0 Å². The fourth-order valence-corrected chi connectivity index (χ4v) is 4.09. The average molecular weight is 667 g/mol. The van der Waals surface area contributed by atoms with Crippen molar-refractivity contribution in [3.63, 3.8) is 0 Å². The standard InChI is InChI=1S/2C16H30N2O4.Ca/c2*1-2-3-4-5-6-8-15(20)17-10-13-18(11-7-14-19)12-9-16(21)22;/h2*2,19H,1,3-14H2,(H,17,20)(H,21,22);/q;;+2/p-2. The van der Waals surface area contributed by atoms with Gasteiger partial charge >= 0.3 is 43.7 Å². The minimum absolute atomic E-state index is 0. The van der Waals surface area contributed by atoms with Gasteiger partial charge in [-0.1, -0.05) is 25.0 Å². The molecule has 0 bridgehead atoms. The van der Waals surface area contributed by atoms with Crippen LogP contribution < -0.4 is 15.5 Å². The summed E-state index contributed by atoms with van der Waals surface area (Å²) < 4.78 is 0. The molecule has 0 aromatic rings. The molecule has 0 saturated heterocycles. The minimum Gasteiger partial charge on any atom is -0.862 e. The predicted octanol–water partition coefficient (Wildman–Crippen LogP) is 0.724. The summed E-state index contributed by atoms with van der Waals surface area (Å²) in [6.45, 7) is 11.5. The molecule has 0 aliphatic rings. The van der Waals surface area contributed by atoms with Crippen LogP contribution in [0.25, 0.3) is 0 Å². The number of carbonyl (C=O) groups is 3. The van der Waals surface area contributed by atoms with Crippen LogP contribution in [0, 0.1) is 0 Å². The summed E-state index contributed by atoms with van der Waals surface area (Å²) in [4.78, 5) is 40.6. The Morgan fingerprint density at radius 2 is 1.22 bits per heavy atom. The van der Waals surface area contributed by atoms with E-state index in [1.54, 1.807) is 0 Å². The molecule has 0 spiro atoms. The number of rotatable bonds is 30. The first-order chi connectivity index (χ1) is 21.2. The van der Waals surface area contributed by atoms with Crippen molar-refractivity contribution in [2.24, 2.45) is 4.99 Å². The Morgan fingerprint density at radius 1 is 0.689 bits per heavy atom. The number of carbonyl (C=O) groups excluding carboxylic acids is 2. The predicted molar refractivity (Wildman–Crippen MR) is 176 cm³/mol. The van der Waals surface area contributed by atoms with Crippen molar-refractivity contribution in [1.29, 1.82) is 0 Å². The molecule has 0 aromatic carbocycles. The molecule has 45 heavy (non-hydrogen) atoms. The molecule has 0 atom stereocenters. The first kappa shape index (κ1) is 47.9. The monoisotopic (exact) mass is 666 g/mol. The second-order valence-corrected chi connectivity index (χ2v) is 10.5. The van der Waals surface area contributed by atoms with E-state index in [-0.39, 0.29) is 75.6 Å². The third kappa shape index (κ3) is 38.6. The van der Waals surface area contributed by atoms with E-state index in [0.29, 0.717) is 78.0 Å². The minimum atomic E-state index is -1.10. The number of aliphatic hydroxyl groups excluding tert-OH is 2. The van der Waals surface area contributed by atoms with Gasteiger partial charge in [0, 0.05) is 71.4 Å². The van der Waals surface area contributed by atoms with Crippen LogP contribution in [0.3, 0.4) is 0 Å². The molecule has 0 radical (unpaired) electrons. The summed E-state index contributed by atoms with van der Waals surface area (Å²) >= 11 is 0. The van der Waals surface area contributed by atoms with Gasteiger partial charge in [-0.2, -0.15) is 0 Å². The second-order valence-electron chi connectivity index (χ2n) is 10.5. The molecule has 4 N–H and O–H groups in total. The normalized spacial score (nSPS) is 11.0. The molecule has 12 nitrogen and oxygen atoms in total. The number of nitrogens with one attached hydrogen (secondary N) is 1. The van der Waals surface area contributed by atoms with Gasteiger partial charge in [-0.25, -0.2) is 0 Å². The van der Waals surface area contributed by atoms with Crippen LogP contribution in [0.1, 0.15) is 89.9 Å². The molecule has 0 aromatic heterocycles. The van der Waals surface area contributed by atoms with Gasteiger partial charge in [0.25, 0.3) is 0 Å². The van der Waals surface area contributed by atoms with Crippen LogP contribution in [-0.4, -0.2) is 152 Å². The number of nitrogens with zero attached hydrogens (tertiary/aromatic N) is 3. The SMILES string of the molecule is C=CCCCCCC(=O)NCCN(CCCO)CCC(=O)O.C=CCCCCCC([O-])=NCCN(CCCO)CCC(=O)[O-].[Ca+2]. The van der Waals surface area contributed by atoms with Gasteiger partial charge in [0.2, 0.25) is 5.91 Å². The average Bonchev–Trinajstić information content (AvgIpc) is 2.99. The Balaban J connectivity index is -0.000000767. The zero-order valence-corrected chi connectivity index (χ0v) is 29.7. The summed E-state index contributed by atoms with van der Waals surface area (Å²) in [5.41, 5.74) is 0. The molecule has 256 valence electrons. The molecule has 0 aliphatic heterocycles. The largest absolute Gasteiger partial charge is 2.00 e. The van der Waals surface area contributed by atoms with Crippen LogP contribution in [0.5, 0.6) is 0 Å². The quantitative estimate of drug-likeness (QED) is 0.0280. The van der Waals surface area contributed by atoms with Gasteiger partial charge in [0.1, 0.15) is 0 Å². The van der Waals surface area contributed by atoms with Crippen LogP contribution in [-0.2, 0) is 14.4 Å². The van der Waals surface area contributed by atoms with Gasteiger partial charge in [0.15, 0.2) is 0 Å². The first-order valence-electron chi connectivity index (χ1n) is 16.0. The maximum Gasteiger partial charge on any atom is 2.00 e. The zero-order valence-electron chi connectivity index (χ0n) is 27.5. The van der Waals surface area contributed by atoms with Crippen LogP contribution in [0.4, 0.5) is 0 Å². The third-order valence-electron chi connectivity index (χ3n) is 6.60. The zero-order chi connectivity index (χ0) is 33.3. The number of hydrogen-bond donors (Lipinski definition) is 4. The topological polar surface area (TPSA) is 189 Å². The van der Waals surface area contributed by atoms with Gasteiger partial charge in [0.05, 0.1) is 13.0 Å². The molecule has 1 amide bonds. The van der Waals surface area contributed by atoms with Gasteiger partial charge in [-0.15, -0.1) is 13.2 Å². The first-order valence-corrected chi connectivity index (χ1v) is 16.0. The van der Waals surface area contributed by atoms with Crippen molar-refractivity contribution < 1.29 is 39.9 Å². The molecular formula is C32H58CaN4O8. The number of unbranched alkanes of at least 4 members (excludes halogenated alkanes) is 6. The molecule has 0 heterocycles. The maximum atomic E-state index is 11.7. The Morgan fingerprint density at radius 3 is 1.73 bits per heavy atom. The van der Waals surface area contributed by atoms with Crippen molar-refractivity contribution >= 4 is 61.5 Å². The number of carboxylic acids is 2. The summed E-state index contributed by atoms with van der Waals surface area (Å²) in [5.74, 6) is -1.99. The molecule has 0 aliphatic carbocycles. The Kier molecular flexibility index (Phi) is 39.3. The van der Waals surface area contributed by atoms with Crippen molar-refractivity contribution in [3.05, 3.63) is 25.3 Å². The van der Waals surface area contributed by atoms with Crippen molar-refractivity contribution in [2.45, 2.75) is 89.9 Å². The summed E-state index contributed by atoms with van der Waals surface area (Å²) in [6.07, 6.45) is 13.8. The summed E-state index contributed by atoms with van der Waals surface area (Å²) in [6, 6.07) is 0. The van der Waals surface area contributed by atoms with E-state index in [2.05, 4.69) is 23.5 Å². The smallest absolute Gasteiger partial charge is 0.862 e. The van der Waals surface area contributed by atoms with Crippen LogP contribution in [0.2, 0.25) is 0 Å². The van der Waals surface area contributed by atoms with E-state index >= 15 is 0 Å². The number of carboxylic acid groups (broad SMARTS) is 2. The van der Waals surface area contributed by atoms with E-state index in [4.69, 9.17) is 15.3 Å². The Hall–Kier alpha value is -1.54.